The van der Waals surface area contributed by atoms with Crippen LogP contribution in [-0.2, 0) is 22.4 Å². The third-order valence-electron chi connectivity index (χ3n) is 4.88. The van der Waals surface area contributed by atoms with Crippen molar-refractivity contribution in [1.82, 2.24) is 14.9 Å². The number of fused-ring (bicyclic) bond motifs is 1. The number of aromatic nitrogens is 2. The Balaban J connectivity index is 0.000000345. The Morgan fingerprint density at radius 1 is 1.25 bits per heavy atom. The Bertz CT molecular complexity index is 649. The van der Waals surface area contributed by atoms with Gasteiger partial charge in [-0.3, -0.25) is 0 Å². The van der Waals surface area contributed by atoms with Crippen molar-refractivity contribution >= 4 is 11.8 Å². The number of carboxylic acid groups (broad SMARTS) is 1. The zero-order valence-electron chi connectivity index (χ0n) is 16.2. The van der Waals surface area contributed by atoms with E-state index in [0.29, 0.717) is 0 Å². The second-order valence-corrected chi connectivity index (χ2v) is 7.18. The van der Waals surface area contributed by atoms with Crippen LogP contribution in [0.15, 0.2) is 6.33 Å². The fraction of sp³-hybridized carbons (Fsp3) is 0.722. The lowest BCUT2D eigenvalue weighted by atomic mass is 9.99. The van der Waals surface area contributed by atoms with Crippen molar-refractivity contribution in [2.75, 3.05) is 51.8 Å². The summed E-state index contributed by atoms with van der Waals surface area (Å²) >= 11 is 0. The Morgan fingerprint density at radius 2 is 1.86 bits per heavy atom. The predicted molar refractivity (Wildman–Crippen MR) is 97.4 cm³/mol. The molecule has 3 heterocycles. The van der Waals surface area contributed by atoms with Crippen molar-refractivity contribution < 1.29 is 27.8 Å². The van der Waals surface area contributed by atoms with E-state index in [-0.39, 0.29) is 0 Å². The topological polar surface area (TPSA) is 78.8 Å². The van der Waals surface area contributed by atoms with Crippen LogP contribution in [0.2, 0.25) is 0 Å². The summed E-state index contributed by atoms with van der Waals surface area (Å²) < 4.78 is 37.2. The largest absolute Gasteiger partial charge is 0.490 e. The molecule has 0 spiro atoms. The molecular weight excluding hydrogens is 377 g/mol. The van der Waals surface area contributed by atoms with E-state index in [4.69, 9.17) is 14.6 Å². The van der Waals surface area contributed by atoms with Gasteiger partial charge in [0.25, 0.3) is 0 Å². The Hall–Kier alpha value is -1.94. The first-order valence-corrected chi connectivity index (χ1v) is 9.28. The van der Waals surface area contributed by atoms with Crippen LogP contribution in [0.25, 0.3) is 0 Å². The highest BCUT2D eigenvalue weighted by Gasteiger charge is 2.38. The van der Waals surface area contributed by atoms with Crippen LogP contribution in [0.4, 0.5) is 19.0 Å². The number of carbonyl (C=O) groups is 1. The van der Waals surface area contributed by atoms with E-state index >= 15 is 0 Å². The van der Waals surface area contributed by atoms with Gasteiger partial charge < -0.3 is 19.6 Å². The minimum atomic E-state index is -5.08. The fourth-order valence-electron chi connectivity index (χ4n) is 3.42. The molecule has 2 aliphatic rings. The van der Waals surface area contributed by atoms with E-state index in [1.807, 2.05) is 0 Å². The smallest absolute Gasteiger partial charge is 0.475 e. The van der Waals surface area contributed by atoms with Gasteiger partial charge in [-0.05, 0) is 25.2 Å². The van der Waals surface area contributed by atoms with Crippen LogP contribution < -0.4 is 4.90 Å². The number of hydrogen-bond acceptors (Lipinski definition) is 6. The Kier molecular flexibility index (Phi) is 7.99. The van der Waals surface area contributed by atoms with Crippen molar-refractivity contribution in [3.63, 3.8) is 0 Å². The molecular formula is C18H27F3N4O3. The second-order valence-electron chi connectivity index (χ2n) is 7.18. The van der Waals surface area contributed by atoms with Gasteiger partial charge in [-0.1, -0.05) is 0 Å². The predicted octanol–water partition coefficient (Wildman–Crippen LogP) is 2.00. The molecule has 2 aliphatic heterocycles. The second kappa shape index (κ2) is 10.0. The van der Waals surface area contributed by atoms with Crippen molar-refractivity contribution in [1.29, 1.82) is 0 Å². The van der Waals surface area contributed by atoms with Crippen LogP contribution in [0.5, 0.6) is 0 Å². The maximum absolute atomic E-state index is 10.6. The first-order valence-electron chi connectivity index (χ1n) is 9.28. The summed E-state index contributed by atoms with van der Waals surface area (Å²) in [4.78, 5) is 22.6. The fourth-order valence-corrected chi connectivity index (χ4v) is 3.42. The van der Waals surface area contributed by atoms with Crippen LogP contribution >= 0.6 is 0 Å². The molecule has 0 saturated carbocycles. The Labute approximate surface area is 162 Å². The van der Waals surface area contributed by atoms with Crippen molar-refractivity contribution in [3.05, 3.63) is 17.6 Å². The lowest BCUT2D eigenvalue weighted by Crippen LogP contribution is -2.34. The van der Waals surface area contributed by atoms with E-state index < -0.39 is 12.1 Å². The Morgan fingerprint density at radius 3 is 2.43 bits per heavy atom. The molecule has 10 heteroatoms. The summed E-state index contributed by atoms with van der Waals surface area (Å²) in [6, 6.07) is 0. The number of ether oxygens (including phenoxy) is 1. The molecule has 1 N–H and O–H groups in total. The molecule has 0 radical (unpaired) electrons. The van der Waals surface area contributed by atoms with Crippen LogP contribution in [0.1, 0.15) is 24.1 Å². The van der Waals surface area contributed by atoms with Gasteiger partial charge in [-0.15, -0.1) is 0 Å². The first-order chi connectivity index (χ1) is 13.2. The maximum atomic E-state index is 10.6. The summed E-state index contributed by atoms with van der Waals surface area (Å²) in [6.07, 6.45) is 1.16. The van der Waals surface area contributed by atoms with Crippen molar-refractivity contribution in [3.8, 4) is 0 Å². The van der Waals surface area contributed by atoms with Crippen molar-refractivity contribution in [2.45, 2.75) is 31.9 Å². The summed E-state index contributed by atoms with van der Waals surface area (Å²) in [7, 11) is 4.13. The lowest BCUT2D eigenvalue weighted by molar-refractivity contribution is -0.192. The van der Waals surface area contributed by atoms with Gasteiger partial charge in [0.1, 0.15) is 12.1 Å². The number of hydrogen-bond donors (Lipinski definition) is 1. The van der Waals surface area contributed by atoms with Gasteiger partial charge >= 0.3 is 12.1 Å². The number of nitrogens with zero attached hydrogens (tertiary/aromatic N) is 4. The van der Waals surface area contributed by atoms with Gasteiger partial charge in [0, 0.05) is 58.9 Å². The molecule has 28 heavy (non-hydrogen) atoms. The monoisotopic (exact) mass is 404 g/mol. The quantitative estimate of drug-likeness (QED) is 0.826. The first kappa shape index (κ1) is 22.4. The van der Waals surface area contributed by atoms with Crippen molar-refractivity contribution in [2.24, 2.45) is 5.92 Å². The van der Waals surface area contributed by atoms with E-state index in [9.17, 15) is 13.2 Å². The average molecular weight is 404 g/mol. The molecule has 1 aromatic rings. The average Bonchev–Trinajstić information content (AvgIpc) is 2.84. The van der Waals surface area contributed by atoms with Gasteiger partial charge in [-0.25, -0.2) is 14.8 Å². The third kappa shape index (κ3) is 6.59. The zero-order valence-corrected chi connectivity index (χ0v) is 16.2. The summed E-state index contributed by atoms with van der Waals surface area (Å²) in [5.41, 5.74) is 2.58. The number of halogens is 3. The van der Waals surface area contributed by atoms with Gasteiger partial charge in [0.2, 0.25) is 0 Å². The highest BCUT2D eigenvalue weighted by Crippen LogP contribution is 2.23. The number of aliphatic carboxylic acids is 1. The van der Waals surface area contributed by atoms with E-state index in [1.54, 1.807) is 6.33 Å². The molecule has 1 saturated heterocycles. The minimum absolute atomic E-state index is 0.805. The van der Waals surface area contributed by atoms with Crippen LogP contribution in [0, 0.1) is 5.92 Å². The van der Waals surface area contributed by atoms with E-state index in [0.717, 1.165) is 50.9 Å². The normalized spacial score (nSPS) is 18.5. The molecule has 0 unspecified atom stereocenters. The maximum Gasteiger partial charge on any atom is 0.490 e. The van der Waals surface area contributed by atoms with Gasteiger partial charge in [-0.2, -0.15) is 13.2 Å². The summed E-state index contributed by atoms with van der Waals surface area (Å²) in [5, 5.41) is 7.12. The standard InChI is InChI=1S/C16H26N4O.C2HF3O2/c1-19(2)16-14-3-7-20(8-4-15(14)17-12-18-16)11-13-5-9-21-10-6-13;3-2(4,5)1(6)7/h12-13H,3-11H2,1-2H3;(H,6,7). The van der Waals surface area contributed by atoms with Gasteiger partial charge in [0.05, 0.1) is 5.69 Å². The molecule has 0 aliphatic carbocycles. The molecule has 0 bridgehead atoms. The number of carboxylic acids is 1. The van der Waals surface area contributed by atoms with Gasteiger partial charge in [0.15, 0.2) is 0 Å². The lowest BCUT2D eigenvalue weighted by Gasteiger charge is -2.28. The minimum Gasteiger partial charge on any atom is -0.475 e. The number of alkyl halides is 3. The molecule has 1 aromatic heterocycles. The molecule has 3 rings (SSSR count). The van der Waals surface area contributed by atoms with Crippen LogP contribution in [-0.4, -0.2) is 79.1 Å². The highest BCUT2D eigenvalue weighted by molar-refractivity contribution is 5.73. The third-order valence-corrected chi connectivity index (χ3v) is 4.88. The number of rotatable bonds is 3. The molecule has 0 atom stereocenters. The molecule has 0 amide bonds. The number of anilines is 1. The molecule has 7 nitrogen and oxygen atoms in total. The highest BCUT2D eigenvalue weighted by atomic mass is 19.4. The molecule has 0 aromatic carbocycles. The van der Waals surface area contributed by atoms with E-state index in [2.05, 4.69) is 33.9 Å². The molecule has 1 fully saturated rings. The summed E-state index contributed by atoms with van der Waals surface area (Å²) in [5.74, 6) is -0.861. The zero-order chi connectivity index (χ0) is 20.7. The SMILES string of the molecule is CN(C)c1ncnc2c1CCN(CC1CCOCC1)CC2.O=C(O)C(F)(F)F. The van der Waals surface area contributed by atoms with Crippen LogP contribution in [0.3, 0.4) is 0 Å². The summed E-state index contributed by atoms with van der Waals surface area (Å²) in [6.45, 7) is 5.33. The molecule has 158 valence electrons. The van der Waals surface area contributed by atoms with E-state index in [1.165, 1.54) is 30.6 Å².